The van der Waals surface area contributed by atoms with Crippen molar-refractivity contribution in [2.24, 2.45) is 0 Å². The lowest BCUT2D eigenvalue weighted by molar-refractivity contribution is -0.124. The first kappa shape index (κ1) is 17.3. The van der Waals surface area contributed by atoms with Crippen molar-refractivity contribution in [1.82, 2.24) is 4.90 Å². The fourth-order valence-electron chi connectivity index (χ4n) is 1.55. The zero-order chi connectivity index (χ0) is 13.6. The number of likely N-dealkylation sites (N-methyl/N-ethyl adjacent to an activating group) is 1. The van der Waals surface area contributed by atoms with Crippen LogP contribution in [0.4, 0.5) is 0 Å². The van der Waals surface area contributed by atoms with Gasteiger partial charge in [0.15, 0.2) is 0 Å². The number of rotatable bonds is 11. The quantitative estimate of drug-likeness (QED) is 0.318. The van der Waals surface area contributed by atoms with Gasteiger partial charge in [0.25, 0.3) is 0 Å². The second-order valence-corrected chi connectivity index (χ2v) is 5.46. The molecule has 0 saturated carbocycles. The van der Waals surface area contributed by atoms with Crippen LogP contribution in [0.5, 0.6) is 0 Å². The molecule has 0 rings (SSSR count). The maximum atomic E-state index is 11.5. The molecule has 3 heteroatoms. The van der Waals surface area contributed by atoms with E-state index in [4.69, 9.17) is 0 Å². The van der Waals surface area contributed by atoms with Gasteiger partial charge >= 0.3 is 0 Å². The van der Waals surface area contributed by atoms with E-state index >= 15 is 0 Å². The van der Waals surface area contributed by atoms with Crippen LogP contribution in [0.15, 0.2) is 24.1 Å². The van der Waals surface area contributed by atoms with E-state index < -0.39 is 0 Å². The third-order valence-corrected chi connectivity index (χ3v) is 3.55. The fourth-order valence-corrected chi connectivity index (χ4v) is 2.27. The number of hydrogen-bond donors (Lipinski definition) is 0. The Hall–Kier alpha value is -0.700. The highest BCUT2D eigenvalue weighted by atomic mass is 32.2. The van der Waals surface area contributed by atoms with Gasteiger partial charge in [0.2, 0.25) is 5.91 Å². The highest BCUT2D eigenvalue weighted by Crippen LogP contribution is 2.10. The standard InChI is InChI=1S/C15H27NOS/c1-4-6-7-8-9-10-13-18-14-11-15(17)16(3)12-5-2/h5,11,14H,2,4,6-10,12-13H2,1,3H3/b14-11+. The summed E-state index contributed by atoms with van der Waals surface area (Å²) in [5.41, 5.74) is 0. The fraction of sp³-hybridized carbons (Fsp3) is 0.667. The van der Waals surface area contributed by atoms with Gasteiger partial charge in [0, 0.05) is 19.7 Å². The lowest BCUT2D eigenvalue weighted by Gasteiger charge is -2.11. The van der Waals surface area contributed by atoms with Crippen molar-refractivity contribution < 1.29 is 4.79 Å². The van der Waals surface area contributed by atoms with Crippen molar-refractivity contribution in [1.29, 1.82) is 0 Å². The molecule has 104 valence electrons. The summed E-state index contributed by atoms with van der Waals surface area (Å²) in [7, 11) is 1.78. The van der Waals surface area contributed by atoms with E-state index in [1.54, 1.807) is 35.9 Å². The summed E-state index contributed by atoms with van der Waals surface area (Å²) in [5.74, 6) is 1.16. The van der Waals surface area contributed by atoms with Crippen molar-refractivity contribution >= 4 is 17.7 Å². The van der Waals surface area contributed by atoms with Crippen LogP contribution in [-0.2, 0) is 4.79 Å². The van der Waals surface area contributed by atoms with Gasteiger partial charge in [-0.1, -0.05) is 45.1 Å². The molecule has 0 aliphatic carbocycles. The predicted octanol–water partition coefficient (Wildman–Crippen LogP) is 4.24. The van der Waals surface area contributed by atoms with E-state index in [0.717, 1.165) is 5.75 Å². The second kappa shape index (κ2) is 12.7. The Labute approximate surface area is 117 Å². The maximum Gasteiger partial charge on any atom is 0.247 e. The van der Waals surface area contributed by atoms with E-state index in [2.05, 4.69) is 13.5 Å². The van der Waals surface area contributed by atoms with Crippen LogP contribution in [0.2, 0.25) is 0 Å². The Balaban J connectivity index is 3.42. The van der Waals surface area contributed by atoms with Crippen molar-refractivity contribution in [3.05, 3.63) is 24.1 Å². The lowest BCUT2D eigenvalue weighted by atomic mass is 10.1. The van der Waals surface area contributed by atoms with Crippen molar-refractivity contribution in [2.45, 2.75) is 45.4 Å². The zero-order valence-corrected chi connectivity index (χ0v) is 12.7. The maximum absolute atomic E-state index is 11.5. The molecule has 0 aromatic rings. The molecule has 2 nitrogen and oxygen atoms in total. The SMILES string of the molecule is C=CCN(C)C(=O)/C=C/SCCCCCCCC. The van der Waals surface area contributed by atoms with Gasteiger partial charge in [-0.25, -0.2) is 0 Å². The van der Waals surface area contributed by atoms with Gasteiger partial charge in [0.1, 0.15) is 0 Å². The van der Waals surface area contributed by atoms with E-state index in [0.29, 0.717) is 6.54 Å². The topological polar surface area (TPSA) is 20.3 Å². The minimum Gasteiger partial charge on any atom is -0.338 e. The third kappa shape index (κ3) is 10.5. The first-order valence-electron chi connectivity index (χ1n) is 6.86. The third-order valence-electron chi connectivity index (χ3n) is 2.70. The van der Waals surface area contributed by atoms with Gasteiger partial charge in [0.05, 0.1) is 0 Å². The molecule has 0 unspecified atom stereocenters. The van der Waals surface area contributed by atoms with Gasteiger partial charge in [-0.3, -0.25) is 4.79 Å². The number of carbonyl (C=O) groups excluding carboxylic acids is 1. The summed E-state index contributed by atoms with van der Waals surface area (Å²) in [6.45, 7) is 6.45. The van der Waals surface area contributed by atoms with Crippen LogP contribution in [0.25, 0.3) is 0 Å². The molecule has 0 saturated heterocycles. The Morgan fingerprint density at radius 3 is 2.56 bits per heavy atom. The Bertz CT molecular complexity index is 251. The van der Waals surface area contributed by atoms with E-state index in [-0.39, 0.29) is 5.91 Å². The van der Waals surface area contributed by atoms with Crippen LogP contribution < -0.4 is 0 Å². The summed E-state index contributed by atoms with van der Waals surface area (Å²) < 4.78 is 0. The molecule has 0 aliphatic heterocycles. The molecule has 0 aliphatic rings. The van der Waals surface area contributed by atoms with Gasteiger partial charge in [-0.05, 0) is 17.6 Å². The summed E-state index contributed by atoms with van der Waals surface area (Å²) in [5, 5.41) is 1.91. The number of hydrogen-bond acceptors (Lipinski definition) is 2. The summed E-state index contributed by atoms with van der Waals surface area (Å²) >= 11 is 1.73. The summed E-state index contributed by atoms with van der Waals surface area (Å²) in [6, 6.07) is 0. The van der Waals surface area contributed by atoms with Crippen LogP contribution >= 0.6 is 11.8 Å². The average Bonchev–Trinajstić information content (AvgIpc) is 2.36. The molecular formula is C15H27NOS. The number of thioether (sulfide) groups is 1. The highest BCUT2D eigenvalue weighted by molar-refractivity contribution is 8.02. The summed E-state index contributed by atoms with van der Waals surface area (Å²) in [6.07, 6.45) is 11.3. The van der Waals surface area contributed by atoms with E-state index in [1.165, 1.54) is 38.5 Å². The lowest BCUT2D eigenvalue weighted by Crippen LogP contribution is -2.24. The Morgan fingerprint density at radius 1 is 1.22 bits per heavy atom. The minimum atomic E-state index is 0.0466. The molecule has 0 aromatic heterocycles. The molecular weight excluding hydrogens is 242 g/mol. The van der Waals surface area contributed by atoms with Crippen LogP contribution in [0, 0.1) is 0 Å². The van der Waals surface area contributed by atoms with E-state index in [9.17, 15) is 4.79 Å². The van der Waals surface area contributed by atoms with E-state index in [1.807, 2.05) is 5.41 Å². The first-order chi connectivity index (χ1) is 8.72. The number of unbranched alkanes of at least 4 members (excludes halogenated alkanes) is 5. The number of amides is 1. The second-order valence-electron chi connectivity index (χ2n) is 4.45. The molecule has 0 fully saturated rings. The monoisotopic (exact) mass is 269 g/mol. The Morgan fingerprint density at radius 2 is 1.89 bits per heavy atom. The minimum absolute atomic E-state index is 0.0466. The smallest absolute Gasteiger partial charge is 0.247 e. The van der Waals surface area contributed by atoms with Crippen molar-refractivity contribution in [3.8, 4) is 0 Å². The molecule has 0 atom stereocenters. The molecule has 18 heavy (non-hydrogen) atoms. The summed E-state index contributed by atoms with van der Waals surface area (Å²) in [4.78, 5) is 13.2. The first-order valence-corrected chi connectivity index (χ1v) is 7.91. The predicted molar refractivity (Wildman–Crippen MR) is 82.8 cm³/mol. The zero-order valence-electron chi connectivity index (χ0n) is 11.9. The molecule has 0 heterocycles. The highest BCUT2D eigenvalue weighted by Gasteiger charge is 2.00. The van der Waals surface area contributed by atoms with Crippen LogP contribution in [0.1, 0.15) is 45.4 Å². The van der Waals surface area contributed by atoms with Gasteiger partial charge < -0.3 is 4.90 Å². The van der Waals surface area contributed by atoms with Crippen LogP contribution in [0.3, 0.4) is 0 Å². The molecule has 0 aromatic carbocycles. The molecule has 0 bridgehead atoms. The van der Waals surface area contributed by atoms with Crippen molar-refractivity contribution in [3.63, 3.8) is 0 Å². The normalized spacial score (nSPS) is 10.8. The number of nitrogens with zero attached hydrogens (tertiary/aromatic N) is 1. The molecule has 0 radical (unpaired) electrons. The molecule has 1 amide bonds. The molecule has 0 spiro atoms. The van der Waals surface area contributed by atoms with Crippen LogP contribution in [-0.4, -0.2) is 30.2 Å². The Kier molecular flexibility index (Phi) is 12.3. The molecule has 0 N–H and O–H groups in total. The van der Waals surface area contributed by atoms with Crippen molar-refractivity contribution in [2.75, 3.05) is 19.3 Å². The van der Waals surface area contributed by atoms with Gasteiger partial charge in [-0.2, -0.15) is 0 Å². The largest absolute Gasteiger partial charge is 0.338 e. The average molecular weight is 269 g/mol. The van der Waals surface area contributed by atoms with Gasteiger partial charge in [-0.15, -0.1) is 18.3 Å². The number of carbonyl (C=O) groups is 1.